The van der Waals surface area contributed by atoms with E-state index in [2.05, 4.69) is 15.3 Å². The summed E-state index contributed by atoms with van der Waals surface area (Å²) in [6, 6.07) is 11.7. The Morgan fingerprint density at radius 1 is 1.28 bits per heavy atom. The number of carbonyl (C=O) groups excluding carboxylic acids is 1. The minimum Gasteiger partial charge on any atom is -0.462 e. The van der Waals surface area contributed by atoms with Crippen LogP contribution in [0.4, 0.5) is 0 Å². The normalized spacial score (nSPS) is 11.1. The van der Waals surface area contributed by atoms with Gasteiger partial charge in [0.2, 0.25) is 5.91 Å². The van der Waals surface area contributed by atoms with Gasteiger partial charge in [-0.05, 0) is 30.7 Å². The molecule has 4 aromatic rings. The van der Waals surface area contributed by atoms with Crippen LogP contribution in [0.15, 0.2) is 53.3 Å². The van der Waals surface area contributed by atoms with E-state index in [9.17, 15) is 4.79 Å². The van der Waals surface area contributed by atoms with Gasteiger partial charge in [-0.2, -0.15) is 0 Å². The van der Waals surface area contributed by atoms with Crippen LogP contribution in [0.2, 0.25) is 0 Å². The maximum absolute atomic E-state index is 12.3. The lowest BCUT2D eigenvalue weighted by Gasteiger charge is -2.03. The first-order valence-electron chi connectivity index (χ1n) is 8.02. The number of carbonyl (C=O) groups is 1. The van der Waals surface area contributed by atoms with Crippen LogP contribution in [-0.2, 0) is 17.8 Å². The van der Waals surface area contributed by atoms with Gasteiger partial charge in [-0.25, -0.2) is 4.98 Å². The number of amides is 1. The zero-order valence-corrected chi connectivity index (χ0v) is 14.5. The summed E-state index contributed by atoms with van der Waals surface area (Å²) in [5, 5.41) is 4.91. The molecular weight excluding hydrogens is 334 g/mol. The van der Waals surface area contributed by atoms with Gasteiger partial charge in [-0.3, -0.25) is 4.79 Å². The van der Waals surface area contributed by atoms with Crippen molar-refractivity contribution in [1.29, 1.82) is 0 Å². The first-order chi connectivity index (χ1) is 12.2. The summed E-state index contributed by atoms with van der Waals surface area (Å²) in [4.78, 5) is 21.1. The van der Waals surface area contributed by atoms with Gasteiger partial charge in [0.25, 0.3) is 0 Å². The molecule has 0 aliphatic rings. The van der Waals surface area contributed by atoms with Crippen LogP contribution in [0.5, 0.6) is 0 Å². The topological polar surface area (TPSA) is 70.9 Å². The van der Waals surface area contributed by atoms with Crippen molar-refractivity contribution in [3.63, 3.8) is 0 Å². The predicted octanol–water partition coefficient (Wildman–Crippen LogP) is 4.05. The number of H-pyrrole nitrogens is 1. The van der Waals surface area contributed by atoms with Crippen LogP contribution >= 0.6 is 11.3 Å². The lowest BCUT2D eigenvalue weighted by atomic mass is 10.1. The van der Waals surface area contributed by atoms with Crippen LogP contribution in [-0.4, -0.2) is 15.9 Å². The molecule has 0 saturated heterocycles. The highest BCUT2D eigenvalue weighted by Crippen LogP contribution is 2.28. The van der Waals surface area contributed by atoms with Crippen molar-refractivity contribution >= 4 is 28.1 Å². The van der Waals surface area contributed by atoms with Gasteiger partial charge in [0.1, 0.15) is 0 Å². The summed E-state index contributed by atoms with van der Waals surface area (Å²) < 4.78 is 5.38. The molecule has 0 fully saturated rings. The molecule has 0 atom stereocenters. The van der Waals surface area contributed by atoms with E-state index in [0.29, 0.717) is 13.0 Å². The van der Waals surface area contributed by atoms with Crippen molar-refractivity contribution in [3.05, 3.63) is 65.0 Å². The highest BCUT2D eigenvalue weighted by atomic mass is 32.1. The van der Waals surface area contributed by atoms with E-state index < -0.39 is 0 Å². The Morgan fingerprint density at radius 2 is 2.16 bits per heavy atom. The molecule has 0 bridgehead atoms. The molecular formula is C19H17N3O2S. The number of thiazole rings is 1. The number of benzene rings is 1. The Labute approximate surface area is 148 Å². The Bertz CT molecular complexity index is 1010. The Hall–Kier alpha value is -2.86. The van der Waals surface area contributed by atoms with Crippen molar-refractivity contribution in [1.82, 2.24) is 15.3 Å². The summed E-state index contributed by atoms with van der Waals surface area (Å²) in [5.74, 6) is 0.751. The van der Waals surface area contributed by atoms with Gasteiger partial charge in [-0.1, -0.05) is 18.2 Å². The average Bonchev–Trinajstić information content (AvgIpc) is 3.34. The molecule has 1 amide bonds. The molecule has 126 valence electrons. The highest BCUT2D eigenvalue weighted by molar-refractivity contribution is 7.15. The summed E-state index contributed by atoms with van der Waals surface area (Å²) >= 11 is 1.54. The zero-order valence-electron chi connectivity index (χ0n) is 13.7. The number of rotatable bonds is 5. The lowest BCUT2D eigenvalue weighted by molar-refractivity contribution is -0.120. The quantitative estimate of drug-likeness (QED) is 0.570. The second-order valence-electron chi connectivity index (χ2n) is 5.82. The van der Waals surface area contributed by atoms with Crippen LogP contribution in [0.1, 0.15) is 16.1 Å². The fraction of sp³-hybridized carbons (Fsp3) is 0.158. The van der Waals surface area contributed by atoms with Crippen molar-refractivity contribution in [2.45, 2.75) is 19.9 Å². The first kappa shape index (κ1) is 15.7. The molecule has 4 rings (SSSR count). The molecule has 0 saturated carbocycles. The molecule has 3 aromatic heterocycles. The largest absolute Gasteiger partial charge is 0.462 e. The van der Waals surface area contributed by atoms with E-state index in [1.807, 2.05) is 49.5 Å². The molecule has 0 spiro atoms. The summed E-state index contributed by atoms with van der Waals surface area (Å²) in [6.45, 7) is 2.43. The Kier molecular flexibility index (Phi) is 4.11. The van der Waals surface area contributed by atoms with Crippen LogP contribution in [0.3, 0.4) is 0 Å². The third kappa shape index (κ3) is 3.21. The minimum atomic E-state index is -0.00268. The Balaban J connectivity index is 1.42. The van der Waals surface area contributed by atoms with Crippen molar-refractivity contribution in [3.8, 4) is 10.8 Å². The number of fused-ring (bicyclic) bond motifs is 1. The number of aromatic amines is 1. The molecule has 6 heteroatoms. The maximum Gasteiger partial charge on any atom is 0.224 e. The first-order valence-corrected chi connectivity index (χ1v) is 8.84. The van der Waals surface area contributed by atoms with Gasteiger partial charge in [0.15, 0.2) is 10.8 Å². The van der Waals surface area contributed by atoms with E-state index >= 15 is 0 Å². The van der Waals surface area contributed by atoms with E-state index in [1.165, 1.54) is 0 Å². The molecule has 0 aliphatic heterocycles. The number of hydrogen-bond donors (Lipinski definition) is 2. The van der Waals surface area contributed by atoms with E-state index in [4.69, 9.17) is 4.42 Å². The van der Waals surface area contributed by atoms with Gasteiger partial charge in [-0.15, -0.1) is 11.3 Å². The van der Waals surface area contributed by atoms with Crippen molar-refractivity contribution in [2.75, 3.05) is 0 Å². The fourth-order valence-electron chi connectivity index (χ4n) is 2.79. The highest BCUT2D eigenvalue weighted by Gasteiger charge is 2.13. The zero-order chi connectivity index (χ0) is 17.2. The van der Waals surface area contributed by atoms with E-state index in [0.717, 1.165) is 37.8 Å². The van der Waals surface area contributed by atoms with Crippen LogP contribution < -0.4 is 5.32 Å². The van der Waals surface area contributed by atoms with Gasteiger partial charge in [0, 0.05) is 22.0 Å². The standard InChI is InChI=1S/C19H17N3O2S/c1-12-17(25-19(22-12)16-7-4-8-24-16)11-21-18(23)9-13-10-20-15-6-3-2-5-14(13)15/h2-8,10,20H,9,11H2,1H3,(H,21,23). The predicted molar refractivity (Wildman–Crippen MR) is 98.4 cm³/mol. The molecule has 5 nitrogen and oxygen atoms in total. The van der Waals surface area contributed by atoms with Gasteiger partial charge < -0.3 is 14.7 Å². The number of nitrogens with zero attached hydrogens (tertiary/aromatic N) is 1. The van der Waals surface area contributed by atoms with Crippen molar-refractivity contribution in [2.24, 2.45) is 0 Å². The van der Waals surface area contributed by atoms with Crippen molar-refractivity contribution < 1.29 is 9.21 Å². The van der Waals surface area contributed by atoms with Gasteiger partial charge >= 0.3 is 0 Å². The minimum absolute atomic E-state index is 0.00268. The number of furan rings is 1. The summed E-state index contributed by atoms with van der Waals surface area (Å²) in [6.07, 6.45) is 3.89. The Morgan fingerprint density at radius 3 is 3.00 bits per heavy atom. The maximum atomic E-state index is 12.3. The van der Waals surface area contributed by atoms with Crippen LogP contribution in [0, 0.1) is 6.92 Å². The number of nitrogens with one attached hydrogen (secondary N) is 2. The molecule has 0 unspecified atom stereocenters. The SMILES string of the molecule is Cc1nc(-c2ccco2)sc1CNC(=O)Cc1c[nH]c2ccccc12. The smallest absolute Gasteiger partial charge is 0.224 e. The third-order valence-electron chi connectivity index (χ3n) is 4.10. The number of para-hydroxylation sites is 1. The van der Waals surface area contributed by atoms with E-state index in [1.54, 1.807) is 17.6 Å². The lowest BCUT2D eigenvalue weighted by Crippen LogP contribution is -2.24. The monoisotopic (exact) mass is 351 g/mol. The van der Waals surface area contributed by atoms with Gasteiger partial charge in [0.05, 0.1) is 24.9 Å². The molecule has 2 N–H and O–H groups in total. The summed E-state index contributed by atoms with van der Waals surface area (Å²) in [5.41, 5.74) is 2.97. The fourth-order valence-corrected chi connectivity index (χ4v) is 3.76. The third-order valence-corrected chi connectivity index (χ3v) is 5.27. The number of hydrogen-bond acceptors (Lipinski definition) is 4. The number of aromatic nitrogens is 2. The average molecular weight is 351 g/mol. The number of aryl methyl sites for hydroxylation is 1. The molecule has 0 aliphatic carbocycles. The summed E-state index contributed by atoms with van der Waals surface area (Å²) in [7, 11) is 0. The van der Waals surface area contributed by atoms with E-state index in [-0.39, 0.29) is 5.91 Å². The molecule has 3 heterocycles. The molecule has 25 heavy (non-hydrogen) atoms. The molecule has 0 radical (unpaired) electrons. The second kappa shape index (κ2) is 6.57. The van der Waals surface area contributed by atoms with Crippen LogP contribution in [0.25, 0.3) is 21.7 Å². The second-order valence-corrected chi connectivity index (χ2v) is 6.90. The molecule has 1 aromatic carbocycles.